The quantitative estimate of drug-likeness (QED) is 0.444. The number of aromatic nitrogens is 4. The second kappa shape index (κ2) is 11.2. The predicted octanol–water partition coefficient (Wildman–Crippen LogP) is 4.81. The third kappa shape index (κ3) is 5.39. The van der Waals surface area contributed by atoms with E-state index in [1.807, 2.05) is 39.9 Å². The Kier molecular flexibility index (Phi) is 7.80. The van der Waals surface area contributed by atoms with Gasteiger partial charge in [0.15, 0.2) is 11.6 Å². The van der Waals surface area contributed by atoms with Crippen molar-refractivity contribution in [3.8, 4) is 28.5 Å². The molecule has 2 aromatic heterocycles. The summed E-state index contributed by atoms with van der Waals surface area (Å²) in [6.45, 7) is 5.15. The molecule has 1 N–H and O–H groups in total. The molecule has 2 heterocycles. The van der Waals surface area contributed by atoms with Gasteiger partial charge in [-0.2, -0.15) is 5.10 Å². The molecule has 1 saturated carbocycles. The van der Waals surface area contributed by atoms with Crippen LogP contribution in [0.25, 0.3) is 22.8 Å². The molecule has 0 unspecified atom stereocenters. The summed E-state index contributed by atoms with van der Waals surface area (Å²) in [4.78, 5) is 23.7. The normalized spacial score (nSPS) is 13.6. The molecule has 4 rings (SSSR count). The highest BCUT2D eigenvalue weighted by atomic mass is 35.5. The molecule has 34 heavy (non-hydrogen) atoms. The fourth-order valence-corrected chi connectivity index (χ4v) is 4.53. The largest absolute Gasteiger partial charge is 0.495 e. The monoisotopic (exact) mass is 480 g/mol. The molecule has 178 valence electrons. The highest BCUT2D eigenvalue weighted by Gasteiger charge is 2.27. The average molecular weight is 481 g/mol. The third-order valence-electron chi connectivity index (χ3n) is 6.00. The minimum Gasteiger partial charge on any atom is -0.495 e. The van der Waals surface area contributed by atoms with Crippen LogP contribution in [0.2, 0.25) is 5.02 Å². The highest BCUT2D eigenvalue weighted by Crippen LogP contribution is 2.31. The Morgan fingerprint density at radius 2 is 2.03 bits per heavy atom. The van der Waals surface area contributed by atoms with E-state index in [-0.39, 0.29) is 12.1 Å². The van der Waals surface area contributed by atoms with E-state index in [2.05, 4.69) is 16.9 Å². The number of urea groups is 1. The maximum Gasteiger partial charge on any atom is 0.317 e. The maximum absolute atomic E-state index is 12.9. The van der Waals surface area contributed by atoms with Crippen molar-refractivity contribution in [2.45, 2.75) is 38.3 Å². The van der Waals surface area contributed by atoms with Crippen molar-refractivity contribution in [2.75, 3.05) is 20.2 Å². The lowest BCUT2D eigenvalue weighted by Crippen LogP contribution is -2.46. The predicted molar refractivity (Wildman–Crippen MR) is 133 cm³/mol. The van der Waals surface area contributed by atoms with Gasteiger partial charge in [-0.05, 0) is 43.2 Å². The number of carbonyl (C=O) groups is 1. The fourth-order valence-electron chi connectivity index (χ4n) is 4.27. The van der Waals surface area contributed by atoms with Crippen molar-refractivity contribution >= 4 is 17.6 Å². The zero-order chi connectivity index (χ0) is 23.9. The van der Waals surface area contributed by atoms with Crippen LogP contribution in [0.4, 0.5) is 4.79 Å². The second-order valence-electron chi connectivity index (χ2n) is 8.17. The zero-order valence-corrected chi connectivity index (χ0v) is 20.0. The van der Waals surface area contributed by atoms with Gasteiger partial charge >= 0.3 is 6.03 Å². The minimum absolute atomic E-state index is 0.0738. The first kappa shape index (κ1) is 23.8. The Morgan fingerprint density at radius 1 is 1.26 bits per heavy atom. The van der Waals surface area contributed by atoms with Gasteiger partial charge in [0.1, 0.15) is 5.75 Å². The number of benzene rings is 1. The molecule has 1 aliphatic rings. The van der Waals surface area contributed by atoms with Crippen LogP contribution in [-0.2, 0) is 6.54 Å². The van der Waals surface area contributed by atoms with E-state index in [0.29, 0.717) is 42.1 Å². The molecule has 0 spiro atoms. The molecule has 1 aliphatic carbocycles. The van der Waals surface area contributed by atoms with E-state index in [1.54, 1.807) is 25.6 Å². The number of methoxy groups -OCH3 is 1. The number of nitrogens with one attached hydrogen (secondary N) is 1. The molecule has 0 atom stereocenters. The first-order chi connectivity index (χ1) is 16.6. The van der Waals surface area contributed by atoms with Crippen LogP contribution in [0.3, 0.4) is 0 Å². The van der Waals surface area contributed by atoms with E-state index in [9.17, 15) is 4.79 Å². The van der Waals surface area contributed by atoms with Crippen molar-refractivity contribution in [3.63, 3.8) is 0 Å². The molecule has 8 nitrogen and oxygen atoms in total. The maximum atomic E-state index is 12.9. The van der Waals surface area contributed by atoms with Crippen molar-refractivity contribution in [3.05, 3.63) is 60.4 Å². The summed E-state index contributed by atoms with van der Waals surface area (Å²) in [5, 5.41) is 8.20. The standard InChI is InChI=1S/C25H29ClN6O2/c1-3-12-28-25(33)31(20-6-4-5-7-20)15-16-32-24(19-8-9-22(34-2)21(26)17-19)29-23(30-32)18-10-13-27-14-11-18/h3,8-11,13-14,17,20H,1,4-7,12,15-16H2,2H3,(H,28,33). The second-order valence-corrected chi connectivity index (χ2v) is 8.58. The molecular weight excluding hydrogens is 452 g/mol. The number of hydrogen-bond donors (Lipinski definition) is 1. The van der Waals surface area contributed by atoms with Gasteiger partial charge in [-0.25, -0.2) is 14.5 Å². The molecule has 1 fully saturated rings. The Hall–Kier alpha value is -3.39. The van der Waals surface area contributed by atoms with Crippen molar-refractivity contribution in [1.82, 2.24) is 30.0 Å². The number of pyridine rings is 1. The number of carbonyl (C=O) groups excluding carboxylic acids is 1. The number of hydrogen-bond acceptors (Lipinski definition) is 5. The number of amides is 2. The van der Waals surface area contributed by atoms with Crippen LogP contribution < -0.4 is 10.1 Å². The van der Waals surface area contributed by atoms with Gasteiger partial charge in [-0.1, -0.05) is 30.5 Å². The van der Waals surface area contributed by atoms with Crippen LogP contribution in [0.15, 0.2) is 55.4 Å². The van der Waals surface area contributed by atoms with Gasteiger partial charge in [0.25, 0.3) is 0 Å². The summed E-state index contributed by atoms with van der Waals surface area (Å²) in [7, 11) is 1.58. The van der Waals surface area contributed by atoms with E-state index in [1.165, 1.54) is 0 Å². The van der Waals surface area contributed by atoms with Crippen molar-refractivity contribution in [2.24, 2.45) is 0 Å². The molecule has 0 aliphatic heterocycles. The Bertz CT molecular complexity index is 1130. The Labute approximate surface area is 204 Å². The van der Waals surface area contributed by atoms with Crippen LogP contribution in [0.1, 0.15) is 25.7 Å². The number of nitrogens with zero attached hydrogens (tertiary/aromatic N) is 5. The van der Waals surface area contributed by atoms with Gasteiger partial charge in [0.05, 0.1) is 18.7 Å². The van der Waals surface area contributed by atoms with Gasteiger partial charge in [0, 0.05) is 42.7 Å². The van der Waals surface area contributed by atoms with Crippen LogP contribution >= 0.6 is 11.6 Å². The summed E-state index contributed by atoms with van der Waals surface area (Å²) < 4.78 is 7.14. The SMILES string of the molecule is C=CCNC(=O)N(CCn1nc(-c2ccncc2)nc1-c1ccc(OC)c(Cl)c1)C1CCCC1. The van der Waals surface area contributed by atoms with Crippen molar-refractivity contribution in [1.29, 1.82) is 0 Å². The number of rotatable bonds is 9. The molecule has 9 heteroatoms. The minimum atomic E-state index is -0.0738. The summed E-state index contributed by atoms with van der Waals surface area (Å²) in [6, 6.07) is 9.45. The van der Waals surface area contributed by atoms with E-state index in [0.717, 1.165) is 36.8 Å². The molecule has 0 radical (unpaired) electrons. The van der Waals surface area contributed by atoms with Gasteiger partial charge < -0.3 is 15.0 Å². The molecule has 0 bridgehead atoms. The lowest BCUT2D eigenvalue weighted by Gasteiger charge is -2.29. The molecule has 1 aromatic carbocycles. The van der Waals surface area contributed by atoms with Gasteiger partial charge in [0.2, 0.25) is 0 Å². The first-order valence-electron chi connectivity index (χ1n) is 11.4. The van der Waals surface area contributed by atoms with E-state index >= 15 is 0 Å². The van der Waals surface area contributed by atoms with Crippen LogP contribution in [0.5, 0.6) is 5.75 Å². The average Bonchev–Trinajstić information content (AvgIpc) is 3.54. The van der Waals surface area contributed by atoms with E-state index in [4.69, 9.17) is 26.4 Å². The number of ether oxygens (including phenoxy) is 1. The molecule has 3 aromatic rings. The lowest BCUT2D eigenvalue weighted by atomic mass is 10.2. The van der Waals surface area contributed by atoms with Gasteiger partial charge in [-0.15, -0.1) is 6.58 Å². The van der Waals surface area contributed by atoms with Crippen LogP contribution in [0, 0.1) is 0 Å². The molecular formula is C25H29ClN6O2. The fraction of sp³-hybridized carbons (Fsp3) is 0.360. The summed E-state index contributed by atoms with van der Waals surface area (Å²) in [5.74, 6) is 1.86. The number of halogens is 1. The summed E-state index contributed by atoms with van der Waals surface area (Å²) in [5.41, 5.74) is 1.69. The summed E-state index contributed by atoms with van der Waals surface area (Å²) in [6.07, 6.45) is 9.43. The highest BCUT2D eigenvalue weighted by molar-refractivity contribution is 6.32. The Morgan fingerprint density at radius 3 is 2.71 bits per heavy atom. The lowest BCUT2D eigenvalue weighted by molar-refractivity contribution is 0.172. The van der Waals surface area contributed by atoms with E-state index < -0.39 is 0 Å². The Balaban J connectivity index is 1.65. The zero-order valence-electron chi connectivity index (χ0n) is 19.3. The summed E-state index contributed by atoms with van der Waals surface area (Å²) >= 11 is 6.40. The topological polar surface area (TPSA) is 85.2 Å². The third-order valence-corrected chi connectivity index (χ3v) is 6.29. The smallest absolute Gasteiger partial charge is 0.317 e. The first-order valence-corrected chi connectivity index (χ1v) is 11.8. The van der Waals surface area contributed by atoms with Crippen LogP contribution in [-0.4, -0.2) is 56.9 Å². The van der Waals surface area contributed by atoms with Gasteiger partial charge in [-0.3, -0.25) is 4.98 Å². The molecule has 2 amide bonds. The molecule has 0 saturated heterocycles. The van der Waals surface area contributed by atoms with Crippen molar-refractivity contribution < 1.29 is 9.53 Å².